The van der Waals surface area contributed by atoms with Gasteiger partial charge in [0.1, 0.15) is 5.82 Å². The molecule has 0 amide bonds. The summed E-state index contributed by atoms with van der Waals surface area (Å²) in [5, 5.41) is 3.30. The monoisotopic (exact) mass is 325 g/mol. The molecular weight excluding hydrogens is 310 g/mol. The molecule has 0 unspecified atom stereocenters. The molecule has 96 valence electrons. The van der Waals surface area contributed by atoms with E-state index in [2.05, 4.69) is 58.1 Å². The maximum atomic E-state index is 4.59. The predicted octanol–water partition coefficient (Wildman–Crippen LogP) is 4.41. The van der Waals surface area contributed by atoms with Crippen LogP contribution in [0.1, 0.15) is 23.1 Å². The number of thiophene rings is 1. The van der Waals surface area contributed by atoms with Gasteiger partial charge in [0.2, 0.25) is 0 Å². The van der Waals surface area contributed by atoms with Gasteiger partial charge in [0.05, 0.1) is 4.47 Å². The van der Waals surface area contributed by atoms with Gasteiger partial charge in [-0.05, 0) is 42.3 Å². The van der Waals surface area contributed by atoms with E-state index in [-0.39, 0.29) is 0 Å². The third-order valence-electron chi connectivity index (χ3n) is 2.57. The first-order valence-electron chi connectivity index (χ1n) is 5.95. The van der Waals surface area contributed by atoms with Gasteiger partial charge < -0.3 is 5.32 Å². The van der Waals surface area contributed by atoms with E-state index in [1.54, 1.807) is 11.3 Å². The Labute approximate surface area is 120 Å². The van der Waals surface area contributed by atoms with Crippen LogP contribution in [0, 0.1) is 13.8 Å². The first-order valence-corrected chi connectivity index (χ1v) is 7.56. The fourth-order valence-corrected chi connectivity index (χ4v) is 2.97. The third-order valence-corrected chi connectivity index (χ3v) is 4.11. The number of hydrogen-bond donors (Lipinski definition) is 1. The van der Waals surface area contributed by atoms with Crippen molar-refractivity contribution < 1.29 is 0 Å². The van der Waals surface area contributed by atoms with Crippen molar-refractivity contribution in [1.29, 1.82) is 0 Å². The zero-order valence-corrected chi connectivity index (χ0v) is 13.2. The average molecular weight is 326 g/mol. The zero-order chi connectivity index (χ0) is 13.1. The number of rotatable bonds is 4. The summed E-state index contributed by atoms with van der Waals surface area (Å²) in [6.45, 7) is 7.26. The molecule has 0 aliphatic rings. The number of aryl methyl sites for hydroxylation is 2. The molecule has 2 aromatic rings. The Morgan fingerprint density at radius 2 is 2.17 bits per heavy atom. The van der Waals surface area contributed by atoms with Crippen LogP contribution in [0.15, 0.2) is 16.7 Å². The maximum absolute atomic E-state index is 4.59. The first kappa shape index (κ1) is 13.5. The molecule has 0 radical (unpaired) electrons. The topological polar surface area (TPSA) is 37.8 Å². The van der Waals surface area contributed by atoms with E-state index in [4.69, 9.17) is 0 Å². The van der Waals surface area contributed by atoms with E-state index in [0.717, 1.165) is 34.6 Å². The fourth-order valence-electron chi connectivity index (χ4n) is 1.72. The van der Waals surface area contributed by atoms with E-state index >= 15 is 0 Å². The second-order valence-electron chi connectivity index (χ2n) is 4.14. The van der Waals surface area contributed by atoms with Crippen LogP contribution in [0.3, 0.4) is 0 Å². The standard InChI is InChI=1S/C13H16BrN3S/c1-4-5-15-13-11(14)7-16-12(17-13)10-6-8(2)18-9(10)3/h6-7H,4-5H2,1-3H3,(H,15,16,17). The van der Waals surface area contributed by atoms with Gasteiger partial charge in [-0.15, -0.1) is 11.3 Å². The predicted molar refractivity (Wildman–Crippen MR) is 81.3 cm³/mol. The molecule has 0 atom stereocenters. The lowest BCUT2D eigenvalue weighted by Gasteiger charge is -2.07. The molecule has 2 rings (SSSR count). The Kier molecular flexibility index (Phi) is 4.35. The molecule has 0 aliphatic heterocycles. The lowest BCUT2D eigenvalue weighted by atomic mass is 10.2. The van der Waals surface area contributed by atoms with Crippen molar-refractivity contribution in [3.05, 3.63) is 26.5 Å². The van der Waals surface area contributed by atoms with Crippen LogP contribution in [0.4, 0.5) is 5.82 Å². The first-order chi connectivity index (χ1) is 8.61. The zero-order valence-electron chi connectivity index (χ0n) is 10.7. The van der Waals surface area contributed by atoms with Crippen LogP contribution >= 0.6 is 27.3 Å². The van der Waals surface area contributed by atoms with Crippen molar-refractivity contribution in [2.24, 2.45) is 0 Å². The summed E-state index contributed by atoms with van der Waals surface area (Å²) in [6.07, 6.45) is 2.88. The minimum atomic E-state index is 0.790. The van der Waals surface area contributed by atoms with E-state index in [1.807, 2.05) is 6.20 Å². The van der Waals surface area contributed by atoms with Crippen LogP contribution in [-0.4, -0.2) is 16.5 Å². The van der Waals surface area contributed by atoms with Gasteiger partial charge in [-0.1, -0.05) is 6.92 Å². The molecule has 0 saturated carbocycles. The van der Waals surface area contributed by atoms with Crippen molar-refractivity contribution in [3.8, 4) is 11.4 Å². The molecule has 2 aromatic heterocycles. The van der Waals surface area contributed by atoms with Gasteiger partial charge in [0.25, 0.3) is 0 Å². The fraction of sp³-hybridized carbons (Fsp3) is 0.385. The summed E-state index contributed by atoms with van der Waals surface area (Å²) >= 11 is 5.25. The number of nitrogens with zero attached hydrogens (tertiary/aromatic N) is 2. The third kappa shape index (κ3) is 2.90. The van der Waals surface area contributed by atoms with Crippen molar-refractivity contribution in [3.63, 3.8) is 0 Å². The van der Waals surface area contributed by atoms with Gasteiger partial charge >= 0.3 is 0 Å². The van der Waals surface area contributed by atoms with Crippen LogP contribution in [0.2, 0.25) is 0 Å². The van der Waals surface area contributed by atoms with Crippen molar-refractivity contribution >= 4 is 33.1 Å². The Hall–Kier alpha value is -0.940. The molecule has 18 heavy (non-hydrogen) atoms. The molecular formula is C13H16BrN3S. The number of nitrogens with one attached hydrogen (secondary N) is 1. The molecule has 0 bridgehead atoms. The highest BCUT2D eigenvalue weighted by Gasteiger charge is 2.11. The Balaban J connectivity index is 2.37. The molecule has 2 heterocycles. The lowest BCUT2D eigenvalue weighted by Crippen LogP contribution is -2.04. The summed E-state index contributed by atoms with van der Waals surface area (Å²) in [5.41, 5.74) is 1.13. The summed E-state index contributed by atoms with van der Waals surface area (Å²) in [5.74, 6) is 1.66. The van der Waals surface area contributed by atoms with E-state index in [0.29, 0.717) is 0 Å². The van der Waals surface area contributed by atoms with Gasteiger partial charge in [0.15, 0.2) is 5.82 Å². The van der Waals surface area contributed by atoms with Crippen molar-refractivity contribution in [1.82, 2.24) is 9.97 Å². The smallest absolute Gasteiger partial charge is 0.162 e. The average Bonchev–Trinajstić information content (AvgIpc) is 2.67. The van der Waals surface area contributed by atoms with E-state index in [9.17, 15) is 0 Å². The Morgan fingerprint density at radius 3 is 2.78 bits per heavy atom. The summed E-state index contributed by atoms with van der Waals surface area (Å²) < 4.78 is 0.907. The van der Waals surface area contributed by atoms with Crippen molar-refractivity contribution in [2.45, 2.75) is 27.2 Å². The number of aromatic nitrogens is 2. The highest BCUT2D eigenvalue weighted by molar-refractivity contribution is 9.10. The Morgan fingerprint density at radius 1 is 1.39 bits per heavy atom. The summed E-state index contributed by atoms with van der Waals surface area (Å²) in [4.78, 5) is 11.5. The van der Waals surface area contributed by atoms with Gasteiger partial charge in [0, 0.05) is 28.1 Å². The lowest BCUT2D eigenvalue weighted by molar-refractivity contribution is 0.963. The second kappa shape index (κ2) is 5.80. The SMILES string of the molecule is CCCNc1nc(-c2cc(C)sc2C)ncc1Br. The molecule has 0 aliphatic carbocycles. The van der Waals surface area contributed by atoms with E-state index in [1.165, 1.54) is 9.75 Å². The maximum Gasteiger partial charge on any atom is 0.162 e. The highest BCUT2D eigenvalue weighted by atomic mass is 79.9. The second-order valence-corrected chi connectivity index (χ2v) is 6.46. The largest absolute Gasteiger partial charge is 0.369 e. The molecule has 3 nitrogen and oxygen atoms in total. The number of anilines is 1. The number of hydrogen-bond acceptors (Lipinski definition) is 4. The highest BCUT2D eigenvalue weighted by Crippen LogP contribution is 2.30. The normalized spacial score (nSPS) is 10.7. The minimum absolute atomic E-state index is 0.790. The Bertz CT molecular complexity index is 551. The van der Waals surface area contributed by atoms with Crippen LogP contribution in [0.5, 0.6) is 0 Å². The molecule has 5 heteroatoms. The number of halogens is 1. The summed E-state index contributed by atoms with van der Waals surface area (Å²) in [7, 11) is 0. The van der Waals surface area contributed by atoms with Crippen molar-refractivity contribution in [2.75, 3.05) is 11.9 Å². The quantitative estimate of drug-likeness (QED) is 0.904. The molecule has 0 saturated heterocycles. The van der Waals surface area contributed by atoms with Crippen LogP contribution < -0.4 is 5.32 Å². The van der Waals surface area contributed by atoms with Gasteiger partial charge in [-0.25, -0.2) is 9.97 Å². The molecule has 0 fully saturated rings. The molecule has 1 N–H and O–H groups in total. The molecule has 0 aromatic carbocycles. The van der Waals surface area contributed by atoms with Gasteiger partial charge in [-0.3, -0.25) is 0 Å². The van der Waals surface area contributed by atoms with Crippen LogP contribution in [-0.2, 0) is 0 Å². The van der Waals surface area contributed by atoms with Gasteiger partial charge in [-0.2, -0.15) is 0 Å². The molecule has 0 spiro atoms. The summed E-state index contributed by atoms with van der Waals surface area (Å²) in [6, 6.07) is 2.15. The van der Waals surface area contributed by atoms with E-state index < -0.39 is 0 Å². The van der Waals surface area contributed by atoms with Crippen LogP contribution in [0.25, 0.3) is 11.4 Å². The minimum Gasteiger partial charge on any atom is -0.369 e.